The Balaban J connectivity index is 1.68. The molecule has 0 unspecified atom stereocenters. The van der Waals surface area contributed by atoms with E-state index in [4.69, 9.17) is 10.5 Å². The number of amides is 3. The van der Waals surface area contributed by atoms with Gasteiger partial charge in [0.25, 0.3) is 5.91 Å². The zero-order valence-corrected chi connectivity index (χ0v) is 16.7. The molecule has 1 heterocycles. The van der Waals surface area contributed by atoms with Crippen LogP contribution in [-0.2, 0) is 11.3 Å². The zero-order valence-electron chi connectivity index (χ0n) is 16.7. The first-order chi connectivity index (χ1) is 14.1. The van der Waals surface area contributed by atoms with Gasteiger partial charge in [-0.3, -0.25) is 9.78 Å². The zero-order chi connectivity index (χ0) is 20.9. The van der Waals surface area contributed by atoms with E-state index >= 15 is 0 Å². The summed E-state index contributed by atoms with van der Waals surface area (Å²) in [5.74, 6) is -0.297. The second-order valence-electron chi connectivity index (χ2n) is 6.51. The molecule has 2 rings (SSSR count). The van der Waals surface area contributed by atoms with Gasteiger partial charge in [0.05, 0.1) is 29.2 Å². The minimum absolute atomic E-state index is 0.262. The highest BCUT2D eigenvalue weighted by atomic mass is 16.5. The van der Waals surface area contributed by atoms with Crippen LogP contribution in [0.5, 0.6) is 0 Å². The maximum atomic E-state index is 12.3. The topological polar surface area (TPSA) is 118 Å². The molecule has 0 saturated carbocycles. The Morgan fingerprint density at radius 2 is 1.86 bits per heavy atom. The highest BCUT2D eigenvalue weighted by Gasteiger charge is 2.09. The molecule has 0 aliphatic heterocycles. The molecule has 0 fully saturated rings. The van der Waals surface area contributed by atoms with Crippen molar-refractivity contribution in [2.75, 3.05) is 30.8 Å². The highest BCUT2D eigenvalue weighted by Crippen LogP contribution is 2.17. The number of nitrogens with one attached hydrogen (secondary N) is 3. The molecule has 3 amide bonds. The van der Waals surface area contributed by atoms with Crippen LogP contribution in [0.15, 0.2) is 42.6 Å². The third-order valence-electron chi connectivity index (χ3n) is 4.12. The first-order valence-corrected chi connectivity index (χ1v) is 9.80. The quantitative estimate of drug-likeness (QED) is 0.342. The third-order valence-corrected chi connectivity index (χ3v) is 4.12. The van der Waals surface area contributed by atoms with E-state index in [0.29, 0.717) is 35.8 Å². The predicted molar refractivity (Wildman–Crippen MR) is 114 cm³/mol. The fraction of sp³-hybridized carbons (Fsp3) is 0.381. The number of hydrogen-bond donors (Lipinski definition) is 4. The Bertz CT molecular complexity index is 780. The number of hydrogen-bond acceptors (Lipinski definition) is 5. The van der Waals surface area contributed by atoms with E-state index in [1.165, 1.54) is 6.20 Å². The van der Waals surface area contributed by atoms with Crippen LogP contribution in [0.3, 0.4) is 0 Å². The maximum Gasteiger partial charge on any atom is 0.315 e. The van der Waals surface area contributed by atoms with Gasteiger partial charge in [-0.1, -0.05) is 25.5 Å². The number of unbranched alkanes of at least 4 members (excludes halogenated alkanes) is 1. The normalized spacial score (nSPS) is 10.4. The van der Waals surface area contributed by atoms with Crippen molar-refractivity contribution in [1.29, 1.82) is 0 Å². The van der Waals surface area contributed by atoms with Crippen LogP contribution in [0, 0.1) is 0 Å². The van der Waals surface area contributed by atoms with Crippen molar-refractivity contribution in [2.24, 2.45) is 0 Å². The number of aromatic nitrogens is 1. The molecule has 5 N–H and O–H groups in total. The lowest BCUT2D eigenvalue weighted by molar-refractivity contribution is 0.102. The summed E-state index contributed by atoms with van der Waals surface area (Å²) in [6.07, 6.45) is 4.41. The monoisotopic (exact) mass is 399 g/mol. The molecule has 0 aliphatic carbocycles. The summed E-state index contributed by atoms with van der Waals surface area (Å²) in [4.78, 5) is 28.3. The summed E-state index contributed by atoms with van der Waals surface area (Å²) in [6.45, 7) is 4.34. The van der Waals surface area contributed by atoms with Crippen LogP contribution < -0.4 is 21.7 Å². The standard InChI is InChI=1S/C21H29N5O3/c1-2-3-12-29-13-6-11-23-21(28)25-15-17-10-9-16(14-24-17)20(27)26-19-8-5-4-7-18(19)22/h4-5,7-10,14H,2-3,6,11-13,15,22H2,1H3,(H,26,27)(H2,23,25,28). The molecule has 8 nitrogen and oxygen atoms in total. The third kappa shape index (κ3) is 8.18. The fourth-order valence-electron chi connectivity index (χ4n) is 2.43. The van der Waals surface area contributed by atoms with Gasteiger partial charge >= 0.3 is 6.03 Å². The van der Waals surface area contributed by atoms with Gasteiger partial charge in [0.1, 0.15) is 0 Å². The lowest BCUT2D eigenvalue weighted by Crippen LogP contribution is -2.36. The van der Waals surface area contributed by atoms with E-state index in [2.05, 4.69) is 27.9 Å². The van der Waals surface area contributed by atoms with Crippen molar-refractivity contribution in [3.05, 3.63) is 53.9 Å². The lowest BCUT2D eigenvalue weighted by atomic mass is 10.2. The van der Waals surface area contributed by atoms with E-state index in [1.807, 2.05) is 0 Å². The molecular formula is C21H29N5O3. The van der Waals surface area contributed by atoms with E-state index in [0.717, 1.165) is 25.9 Å². The Hall–Kier alpha value is -3.13. The summed E-state index contributed by atoms with van der Waals surface area (Å²) >= 11 is 0. The van der Waals surface area contributed by atoms with Crippen molar-refractivity contribution < 1.29 is 14.3 Å². The number of anilines is 2. The second-order valence-corrected chi connectivity index (χ2v) is 6.51. The lowest BCUT2D eigenvalue weighted by Gasteiger charge is -2.09. The number of urea groups is 1. The van der Waals surface area contributed by atoms with Crippen molar-refractivity contribution in [2.45, 2.75) is 32.7 Å². The largest absolute Gasteiger partial charge is 0.397 e. The van der Waals surface area contributed by atoms with Crippen LogP contribution in [-0.4, -0.2) is 36.7 Å². The molecule has 0 atom stereocenters. The number of para-hydroxylation sites is 2. The highest BCUT2D eigenvalue weighted by molar-refractivity contribution is 6.05. The van der Waals surface area contributed by atoms with Gasteiger partial charge in [-0.05, 0) is 37.1 Å². The van der Waals surface area contributed by atoms with E-state index in [1.54, 1.807) is 36.4 Å². The van der Waals surface area contributed by atoms with Crippen molar-refractivity contribution >= 4 is 23.3 Å². The van der Waals surface area contributed by atoms with Crippen LogP contribution in [0.1, 0.15) is 42.2 Å². The van der Waals surface area contributed by atoms with Crippen LogP contribution in [0.4, 0.5) is 16.2 Å². The van der Waals surface area contributed by atoms with Crippen molar-refractivity contribution in [3.8, 4) is 0 Å². The molecule has 0 bridgehead atoms. The molecule has 1 aromatic heterocycles. The summed E-state index contributed by atoms with van der Waals surface area (Å²) < 4.78 is 5.44. The smallest absolute Gasteiger partial charge is 0.315 e. The molecule has 156 valence electrons. The Morgan fingerprint density at radius 1 is 1.07 bits per heavy atom. The van der Waals surface area contributed by atoms with Crippen molar-refractivity contribution in [3.63, 3.8) is 0 Å². The number of benzene rings is 1. The Labute approximate surface area is 171 Å². The second kappa shape index (κ2) is 12.4. The molecule has 2 aromatic rings. The average Bonchev–Trinajstić information content (AvgIpc) is 2.73. The number of nitrogens with two attached hydrogens (primary N) is 1. The average molecular weight is 399 g/mol. The predicted octanol–water partition coefficient (Wildman–Crippen LogP) is 2.92. The Kier molecular flexibility index (Phi) is 9.44. The summed E-state index contributed by atoms with van der Waals surface area (Å²) in [5.41, 5.74) is 7.93. The Morgan fingerprint density at radius 3 is 2.59 bits per heavy atom. The van der Waals surface area contributed by atoms with Gasteiger partial charge in [-0.15, -0.1) is 0 Å². The van der Waals surface area contributed by atoms with E-state index < -0.39 is 0 Å². The first kappa shape index (κ1) is 22.2. The van der Waals surface area contributed by atoms with Crippen LogP contribution in [0.2, 0.25) is 0 Å². The van der Waals surface area contributed by atoms with Crippen LogP contribution >= 0.6 is 0 Å². The molecule has 1 aromatic carbocycles. The van der Waals surface area contributed by atoms with Gasteiger partial charge in [0.2, 0.25) is 0 Å². The summed E-state index contributed by atoms with van der Waals surface area (Å²) in [7, 11) is 0. The molecule has 0 spiro atoms. The maximum absolute atomic E-state index is 12.3. The fourth-order valence-corrected chi connectivity index (χ4v) is 2.43. The molecule has 0 radical (unpaired) electrons. The number of carbonyl (C=O) groups excluding carboxylic acids is 2. The number of ether oxygens (including phenoxy) is 1. The van der Waals surface area contributed by atoms with Gasteiger partial charge in [0.15, 0.2) is 0 Å². The van der Waals surface area contributed by atoms with Gasteiger partial charge < -0.3 is 26.4 Å². The van der Waals surface area contributed by atoms with Gasteiger partial charge in [0, 0.05) is 26.0 Å². The van der Waals surface area contributed by atoms with E-state index in [-0.39, 0.29) is 18.5 Å². The van der Waals surface area contributed by atoms with Gasteiger partial charge in [-0.25, -0.2) is 4.79 Å². The molecular weight excluding hydrogens is 370 g/mol. The molecule has 0 aliphatic rings. The van der Waals surface area contributed by atoms with Gasteiger partial charge in [-0.2, -0.15) is 0 Å². The van der Waals surface area contributed by atoms with Crippen LogP contribution in [0.25, 0.3) is 0 Å². The number of nitrogen functional groups attached to an aromatic ring is 1. The molecule has 29 heavy (non-hydrogen) atoms. The first-order valence-electron chi connectivity index (χ1n) is 9.80. The minimum atomic E-state index is -0.297. The summed E-state index contributed by atoms with van der Waals surface area (Å²) in [6, 6.07) is 10.1. The molecule has 0 saturated heterocycles. The SMILES string of the molecule is CCCCOCCCNC(=O)NCc1ccc(C(=O)Nc2ccccc2N)cn1. The van der Waals surface area contributed by atoms with Crippen molar-refractivity contribution in [1.82, 2.24) is 15.6 Å². The number of carbonyl (C=O) groups is 2. The minimum Gasteiger partial charge on any atom is -0.397 e. The number of nitrogens with zero attached hydrogens (tertiary/aromatic N) is 1. The van der Waals surface area contributed by atoms with E-state index in [9.17, 15) is 9.59 Å². The molecule has 8 heteroatoms. The number of pyridine rings is 1. The number of rotatable bonds is 11. The summed E-state index contributed by atoms with van der Waals surface area (Å²) in [5, 5.41) is 8.25.